The summed E-state index contributed by atoms with van der Waals surface area (Å²) in [7, 11) is -4.67. The Bertz CT molecular complexity index is 1380. The summed E-state index contributed by atoms with van der Waals surface area (Å²) in [5.74, 6) is -3.93. The number of aliphatic imine (C=N–C) groups is 2. The zero-order valence-corrected chi connectivity index (χ0v) is 30.9. The van der Waals surface area contributed by atoms with E-state index in [0.717, 1.165) is 0 Å². The van der Waals surface area contributed by atoms with Crippen molar-refractivity contribution in [3.63, 3.8) is 0 Å². The van der Waals surface area contributed by atoms with Crippen molar-refractivity contribution < 1.29 is 107 Å². The number of aliphatic hydroxyl groups excluding tert-OH is 10. The maximum atomic E-state index is 10.8. The second-order valence-corrected chi connectivity index (χ2v) is 14.4. The third-order valence-electron chi connectivity index (χ3n) is 9.28. The first-order valence-electron chi connectivity index (χ1n) is 16.9. The summed E-state index contributed by atoms with van der Waals surface area (Å²) in [6, 6.07) is -2.91. The summed E-state index contributed by atoms with van der Waals surface area (Å²) in [6.45, 7) is 3.18. The molecule has 16 atom stereocenters. The lowest BCUT2D eigenvalue weighted by Gasteiger charge is -2.45. The molecular formula is C28H52N6O22S. The summed E-state index contributed by atoms with van der Waals surface area (Å²) in [5, 5.41) is 116. The summed E-state index contributed by atoms with van der Waals surface area (Å²) in [6.07, 6.45) is -23.3. The average molecular weight is 857 g/mol. The summed E-state index contributed by atoms with van der Waals surface area (Å²) in [5.41, 5.74) is 22.5. The minimum atomic E-state index is -4.67. The summed E-state index contributed by atoms with van der Waals surface area (Å²) < 4.78 is 53.6. The van der Waals surface area contributed by atoms with E-state index >= 15 is 0 Å². The fraction of sp³-hybridized carbons (Fsp3) is 0.857. The van der Waals surface area contributed by atoms with Gasteiger partial charge in [-0.15, -0.1) is 0 Å². The fourth-order valence-electron chi connectivity index (χ4n) is 6.04. The maximum Gasteiger partial charge on any atom is 0.394 e. The van der Waals surface area contributed by atoms with E-state index in [4.69, 9.17) is 69.6 Å². The highest BCUT2D eigenvalue weighted by molar-refractivity contribution is 7.79. The molecule has 4 aliphatic rings. The Hall–Kier alpha value is -2.89. The lowest BCUT2D eigenvalue weighted by Crippen LogP contribution is -2.66. The van der Waals surface area contributed by atoms with Gasteiger partial charge in [-0.3, -0.25) is 19.1 Å². The lowest BCUT2D eigenvalue weighted by atomic mass is 9.84. The van der Waals surface area contributed by atoms with Crippen molar-refractivity contribution in [3.8, 4) is 0 Å². The van der Waals surface area contributed by atoms with Gasteiger partial charge in [0.1, 0.15) is 73.2 Å². The van der Waals surface area contributed by atoms with Gasteiger partial charge in [0, 0.05) is 0 Å². The third-order valence-corrected chi connectivity index (χ3v) is 9.28. The van der Waals surface area contributed by atoms with Crippen molar-refractivity contribution in [1.29, 1.82) is 0 Å². The van der Waals surface area contributed by atoms with Crippen molar-refractivity contribution in [3.05, 3.63) is 0 Å². The quantitative estimate of drug-likeness (QED) is 0.0670. The van der Waals surface area contributed by atoms with Crippen LogP contribution in [0.15, 0.2) is 9.98 Å². The second kappa shape index (κ2) is 20.9. The van der Waals surface area contributed by atoms with Crippen LogP contribution < -0.4 is 22.9 Å². The molecule has 28 nitrogen and oxygen atoms in total. The van der Waals surface area contributed by atoms with E-state index in [-0.39, 0.29) is 12.8 Å². The number of carbonyl (C=O) groups is 2. The third kappa shape index (κ3) is 13.6. The number of aliphatic hydroxyl groups is 10. The first-order valence-corrected chi connectivity index (χ1v) is 18.2. The molecule has 2 saturated heterocycles. The Balaban J connectivity index is 0.000000352. The van der Waals surface area contributed by atoms with Crippen molar-refractivity contribution in [2.75, 3.05) is 0 Å². The van der Waals surface area contributed by atoms with Crippen LogP contribution >= 0.6 is 0 Å². The number of carboxylic acids is 2. The van der Waals surface area contributed by atoms with Crippen LogP contribution in [-0.2, 0) is 38.9 Å². The molecule has 0 spiro atoms. The van der Waals surface area contributed by atoms with Gasteiger partial charge in [0.15, 0.2) is 12.6 Å². The van der Waals surface area contributed by atoms with Crippen molar-refractivity contribution in [1.82, 2.24) is 0 Å². The average Bonchev–Trinajstić information content (AvgIpc) is 3.11. The highest BCUT2D eigenvalue weighted by Gasteiger charge is 2.52. The first kappa shape index (κ1) is 50.3. The number of nitrogens with zero attached hydrogens (tertiary/aromatic N) is 2. The van der Waals surface area contributed by atoms with Gasteiger partial charge in [-0.05, 0) is 26.7 Å². The highest BCUT2D eigenvalue weighted by atomic mass is 32.3. The lowest BCUT2D eigenvalue weighted by molar-refractivity contribution is -0.293. The molecule has 0 aromatic heterocycles. The predicted molar refractivity (Wildman–Crippen MR) is 184 cm³/mol. The smallest absolute Gasteiger partial charge is 0.394 e. The molecule has 332 valence electrons. The monoisotopic (exact) mass is 856 g/mol. The van der Waals surface area contributed by atoms with Crippen molar-refractivity contribution in [2.45, 2.75) is 149 Å². The Labute approximate surface area is 323 Å². The maximum absolute atomic E-state index is 10.8. The number of hydrogen-bond acceptors (Lipinski definition) is 22. The molecule has 0 unspecified atom stereocenters. The SMILES string of the molecule is C[C@H]1O[C@H](OC2[C@@H](O)[C@@H](O)C(O)[C@H](O)[C@@H]2O)[C@@H](N)C[C@H]1N=C(N)C(=O)O.C[C@H]1O[C@H](OC2[C@@H](O)[C@@H](O)C(O)[C@H](O)[C@@H]2O)[C@@H](N)C[C@H]1N=C(N)C(=O)O.O=S(=O)(O)O. The van der Waals surface area contributed by atoms with Gasteiger partial charge >= 0.3 is 22.3 Å². The molecule has 29 heteroatoms. The Kier molecular flexibility index (Phi) is 18.4. The van der Waals surface area contributed by atoms with Crippen LogP contribution in [0.1, 0.15) is 26.7 Å². The second-order valence-electron chi connectivity index (χ2n) is 13.5. The van der Waals surface area contributed by atoms with E-state index < -0.39 is 156 Å². The van der Waals surface area contributed by atoms with Crippen LogP contribution in [0.4, 0.5) is 0 Å². The number of nitrogens with two attached hydrogens (primary N) is 4. The van der Waals surface area contributed by atoms with Crippen LogP contribution in [0, 0.1) is 0 Å². The van der Waals surface area contributed by atoms with Gasteiger partial charge in [-0.1, -0.05) is 0 Å². The molecule has 2 aliphatic heterocycles. The number of amidine groups is 2. The molecule has 2 saturated carbocycles. The fourth-order valence-corrected chi connectivity index (χ4v) is 6.04. The summed E-state index contributed by atoms with van der Waals surface area (Å²) >= 11 is 0. The van der Waals surface area contributed by atoms with Crippen molar-refractivity contribution in [2.24, 2.45) is 32.9 Å². The van der Waals surface area contributed by atoms with E-state index in [1.54, 1.807) is 13.8 Å². The van der Waals surface area contributed by atoms with Gasteiger partial charge in [0.25, 0.3) is 0 Å². The topological polar surface area (TPSA) is 517 Å². The molecule has 2 aliphatic carbocycles. The molecule has 0 amide bonds. The molecule has 0 bridgehead atoms. The largest absolute Gasteiger partial charge is 0.475 e. The van der Waals surface area contributed by atoms with E-state index in [1.165, 1.54) is 0 Å². The summed E-state index contributed by atoms with van der Waals surface area (Å²) in [4.78, 5) is 29.2. The molecule has 0 radical (unpaired) electrons. The minimum Gasteiger partial charge on any atom is -0.475 e. The van der Waals surface area contributed by atoms with Crippen LogP contribution in [0.25, 0.3) is 0 Å². The number of carboxylic acid groups (broad SMARTS) is 2. The zero-order chi connectivity index (χ0) is 44.0. The van der Waals surface area contributed by atoms with Crippen LogP contribution in [0.2, 0.25) is 0 Å². The van der Waals surface area contributed by atoms with Gasteiger partial charge in [-0.25, -0.2) is 9.59 Å². The van der Waals surface area contributed by atoms with E-state index in [0.29, 0.717) is 0 Å². The Morgan fingerprint density at radius 1 is 0.561 bits per heavy atom. The number of aliphatic carboxylic acids is 2. The zero-order valence-electron chi connectivity index (χ0n) is 30.1. The van der Waals surface area contributed by atoms with E-state index in [9.17, 15) is 60.7 Å². The molecule has 4 rings (SSSR count). The van der Waals surface area contributed by atoms with E-state index in [1.807, 2.05) is 0 Å². The Morgan fingerprint density at radius 2 is 0.789 bits per heavy atom. The van der Waals surface area contributed by atoms with Crippen LogP contribution in [0.3, 0.4) is 0 Å². The molecule has 0 aromatic carbocycles. The molecule has 22 N–H and O–H groups in total. The molecule has 4 fully saturated rings. The standard InChI is InChI=1S/2C14H25N3O9.H2O4S/c2*1-3-5(17-12(16)13(23)24)2-4(15)14(25-3)26-11-9(21)7(19)6(18)8(20)10(11)22;1-5(2,3)4/h2*3-11,14,18-22H,2,15H2,1H3,(H2,16,17)(H,23,24);(H2,1,2,3,4)/t2*3-,4+,5-,6?,7+,8+,9+,10+,11?,14-;/m11./s1. The first-order chi connectivity index (χ1) is 26.1. The van der Waals surface area contributed by atoms with Gasteiger partial charge in [-0.2, -0.15) is 8.42 Å². The number of rotatable bonds is 6. The Morgan fingerprint density at radius 3 is 1.02 bits per heavy atom. The van der Waals surface area contributed by atoms with Gasteiger partial charge in [0.05, 0.1) is 36.4 Å². The van der Waals surface area contributed by atoms with Gasteiger partial charge in [0.2, 0.25) is 11.7 Å². The molecule has 57 heavy (non-hydrogen) atoms. The minimum absolute atomic E-state index is 0.145. The van der Waals surface area contributed by atoms with Crippen molar-refractivity contribution >= 4 is 34.0 Å². The molecule has 0 aromatic rings. The molecule has 2 heterocycles. The molecular weight excluding hydrogens is 804 g/mol. The number of hydrogen-bond donors (Lipinski definition) is 18. The highest BCUT2D eigenvalue weighted by Crippen LogP contribution is 2.31. The normalized spacial score (nSPS) is 44.4. The number of ether oxygens (including phenoxy) is 4. The van der Waals surface area contributed by atoms with Crippen LogP contribution in [0.5, 0.6) is 0 Å². The predicted octanol–water partition coefficient (Wildman–Crippen LogP) is -9.73. The van der Waals surface area contributed by atoms with E-state index in [2.05, 4.69) is 9.98 Å². The van der Waals surface area contributed by atoms with Crippen LogP contribution in [-0.4, -0.2) is 225 Å². The van der Waals surface area contributed by atoms with Gasteiger partial charge < -0.3 is 103 Å².